The Balaban J connectivity index is 2.45. The van der Waals surface area contributed by atoms with Gasteiger partial charge in [-0.1, -0.05) is 18.2 Å². The highest BCUT2D eigenvalue weighted by atomic mass is 16.5. The molecule has 3 nitrogen and oxygen atoms in total. The van der Waals surface area contributed by atoms with E-state index in [2.05, 4.69) is 6.58 Å². The molecule has 2 aromatic carbocycles. The molecule has 2 aromatic rings. The zero-order valence-corrected chi connectivity index (χ0v) is 11.7. The Bertz CT molecular complexity index is 618. The molecule has 0 saturated carbocycles. The third kappa shape index (κ3) is 2.77. The minimum absolute atomic E-state index is 0.286. The second-order valence-electron chi connectivity index (χ2n) is 4.41. The molecule has 0 aliphatic carbocycles. The zero-order valence-electron chi connectivity index (χ0n) is 11.7. The summed E-state index contributed by atoms with van der Waals surface area (Å²) in [6, 6.07) is 11.3. The first-order valence-corrected chi connectivity index (χ1v) is 6.34. The summed E-state index contributed by atoms with van der Waals surface area (Å²) in [7, 11) is 3.22. The summed E-state index contributed by atoms with van der Waals surface area (Å²) in [6.45, 7) is 3.70. The number of phenolic OH excluding ortho intramolecular Hbond substituents is 1. The summed E-state index contributed by atoms with van der Waals surface area (Å²) in [5, 5.41) is 9.80. The first kappa shape index (κ1) is 14.0. The first-order valence-electron chi connectivity index (χ1n) is 6.34. The van der Waals surface area contributed by atoms with Crippen LogP contribution in [-0.2, 0) is 6.42 Å². The number of allylic oxidation sites excluding steroid dienone is 1. The van der Waals surface area contributed by atoms with Gasteiger partial charge in [-0.2, -0.15) is 0 Å². The number of methoxy groups -OCH3 is 2. The van der Waals surface area contributed by atoms with E-state index in [9.17, 15) is 5.11 Å². The number of ether oxygens (including phenoxy) is 2. The van der Waals surface area contributed by atoms with E-state index in [0.717, 1.165) is 16.7 Å². The monoisotopic (exact) mass is 270 g/mol. The van der Waals surface area contributed by atoms with Crippen LogP contribution in [0, 0.1) is 0 Å². The van der Waals surface area contributed by atoms with E-state index in [0.29, 0.717) is 17.9 Å². The fourth-order valence-corrected chi connectivity index (χ4v) is 2.10. The Kier molecular flexibility index (Phi) is 4.31. The van der Waals surface area contributed by atoms with E-state index >= 15 is 0 Å². The van der Waals surface area contributed by atoms with Gasteiger partial charge in [-0.25, -0.2) is 0 Å². The number of hydrogen-bond donors (Lipinski definition) is 1. The Morgan fingerprint density at radius 3 is 2.30 bits per heavy atom. The third-order valence-electron chi connectivity index (χ3n) is 3.16. The summed E-state index contributed by atoms with van der Waals surface area (Å²) in [4.78, 5) is 0. The predicted octanol–water partition coefficient (Wildman–Crippen LogP) is 3.80. The molecule has 0 fully saturated rings. The number of phenols is 1. The van der Waals surface area contributed by atoms with Gasteiger partial charge in [-0.3, -0.25) is 0 Å². The van der Waals surface area contributed by atoms with Crippen LogP contribution in [0.3, 0.4) is 0 Å². The quantitative estimate of drug-likeness (QED) is 0.840. The molecule has 0 aliphatic rings. The molecule has 20 heavy (non-hydrogen) atoms. The summed E-state index contributed by atoms with van der Waals surface area (Å²) in [5.41, 5.74) is 2.88. The molecule has 0 unspecified atom stereocenters. The SMILES string of the molecule is C=CCc1cc(-c2ccc(OC)c(OC)c2)ccc1O. The molecule has 2 rings (SSSR count). The van der Waals surface area contributed by atoms with Gasteiger partial charge in [0.15, 0.2) is 11.5 Å². The van der Waals surface area contributed by atoms with E-state index in [4.69, 9.17) is 9.47 Å². The van der Waals surface area contributed by atoms with E-state index < -0.39 is 0 Å². The fraction of sp³-hybridized carbons (Fsp3) is 0.176. The highest BCUT2D eigenvalue weighted by Gasteiger charge is 2.08. The number of aromatic hydroxyl groups is 1. The lowest BCUT2D eigenvalue weighted by atomic mass is 10.0. The molecular weight excluding hydrogens is 252 g/mol. The van der Waals surface area contributed by atoms with E-state index in [1.165, 1.54) is 0 Å². The normalized spacial score (nSPS) is 10.1. The largest absolute Gasteiger partial charge is 0.508 e. The molecule has 1 N–H and O–H groups in total. The van der Waals surface area contributed by atoms with Crippen molar-refractivity contribution >= 4 is 0 Å². The molecule has 0 amide bonds. The Hall–Kier alpha value is -2.42. The molecule has 0 radical (unpaired) electrons. The highest BCUT2D eigenvalue weighted by Crippen LogP contribution is 2.33. The average Bonchev–Trinajstić information content (AvgIpc) is 2.49. The second-order valence-corrected chi connectivity index (χ2v) is 4.41. The van der Waals surface area contributed by atoms with Gasteiger partial charge in [0.1, 0.15) is 5.75 Å². The Morgan fingerprint density at radius 2 is 1.65 bits per heavy atom. The maximum atomic E-state index is 9.80. The van der Waals surface area contributed by atoms with Crippen molar-refractivity contribution in [2.75, 3.05) is 14.2 Å². The summed E-state index contributed by atoms with van der Waals surface area (Å²) < 4.78 is 10.5. The van der Waals surface area contributed by atoms with Crippen molar-refractivity contribution < 1.29 is 14.6 Å². The Labute approximate surface area is 119 Å². The summed E-state index contributed by atoms with van der Waals surface area (Å²) in [6.07, 6.45) is 2.40. The second kappa shape index (κ2) is 6.15. The minimum Gasteiger partial charge on any atom is -0.508 e. The summed E-state index contributed by atoms with van der Waals surface area (Å²) in [5.74, 6) is 1.67. The van der Waals surface area contributed by atoms with Crippen LogP contribution in [0.15, 0.2) is 49.1 Å². The van der Waals surface area contributed by atoms with Crippen molar-refractivity contribution in [3.63, 3.8) is 0 Å². The van der Waals surface area contributed by atoms with Crippen LogP contribution in [-0.4, -0.2) is 19.3 Å². The van der Waals surface area contributed by atoms with Gasteiger partial charge in [0, 0.05) is 0 Å². The lowest BCUT2D eigenvalue weighted by Crippen LogP contribution is -1.91. The molecule has 0 aliphatic heterocycles. The molecule has 104 valence electrons. The molecule has 0 spiro atoms. The average molecular weight is 270 g/mol. The smallest absolute Gasteiger partial charge is 0.161 e. The predicted molar refractivity (Wildman–Crippen MR) is 80.5 cm³/mol. The molecule has 0 heterocycles. The lowest BCUT2D eigenvalue weighted by molar-refractivity contribution is 0.355. The molecule has 0 bridgehead atoms. The van der Waals surface area contributed by atoms with Gasteiger partial charge in [-0.15, -0.1) is 6.58 Å². The van der Waals surface area contributed by atoms with Crippen molar-refractivity contribution in [3.8, 4) is 28.4 Å². The van der Waals surface area contributed by atoms with Crippen molar-refractivity contribution in [1.82, 2.24) is 0 Å². The standard InChI is InChI=1S/C17H18O3/c1-4-5-14-10-12(6-8-15(14)18)13-7-9-16(19-2)17(11-13)20-3/h4,6-11,18H,1,5H2,2-3H3. The number of benzene rings is 2. The molecule has 0 atom stereocenters. The first-order chi connectivity index (χ1) is 9.69. The Morgan fingerprint density at radius 1 is 1.00 bits per heavy atom. The highest BCUT2D eigenvalue weighted by molar-refractivity contribution is 5.69. The van der Waals surface area contributed by atoms with Crippen LogP contribution in [0.25, 0.3) is 11.1 Å². The van der Waals surface area contributed by atoms with Crippen molar-refractivity contribution in [3.05, 3.63) is 54.6 Å². The topological polar surface area (TPSA) is 38.7 Å². The minimum atomic E-state index is 0.286. The van der Waals surface area contributed by atoms with E-state index in [1.54, 1.807) is 26.4 Å². The summed E-state index contributed by atoms with van der Waals surface area (Å²) >= 11 is 0. The van der Waals surface area contributed by atoms with E-state index in [-0.39, 0.29) is 5.75 Å². The van der Waals surface area contributed by atoms with Crippen molar-refractivity contribution in [1.29, 1.82) is 0 Å². The maximum absolute atomic E-state index is 9.80. The van der Waals surface area contributed by atoms with E-state index in [1.807, 2.05) is 30.3 Å². The van der Waals surface area contributed by atoms with Gasteiger partial charge >= 0.3 is 0 Å². The number of rotatable bonds is 5. The number of hydrogen-bond acceptors (Lipinski definition) is 3. The van der Waals surface area contributed by atoms with Crippen LogP contribution in [0.5, 0.6) is 17.2 Å². The molecule has 0 aromatic heterocycles. The molecule has 3 heteroatoms. The van der Waals surface area contributed by atoms with Crippen molar-refractivity contribution in [2.45, 2.75) is 6.42 Å². The third-order valence-corrected chi connectivity index (χ3v) is 3.16. The van der Waals surface area contributed by atoms with Crippen LogP contribution < -0.4 is 9.47 Å². The fourth-order valence-electron chi connectivity index (χ4n) is 2.10. The van der Waals surface area contributed by atoms with Gasteiger partial charge in [0.05, 0.1) is 14.2 Å². The van der Waals surface area contributed by atoms with Gasteiger partial charge < -0.3 is 14.6 Å². The van der Waals surface area contributed by atoms with Crippen LogP contribution in [0.1, 0.15) is 5.56 Å². The van der Waals surface area contributed by atoms with Gasteiger partial charge in [0.2, 0.25) is 0 Å². The van der Waals surface area contributed by atoms with Gasteiger partial charge in [0.25, 0.3) is 0 Å². The van der Waals surface area contributed by atoms with Crippen LogP contribution in [0.2, 0.25) is 0 Å². The molecular formula is C17H18O3. The maximum Gasteiger partial charge on any atom is 0.161 e. The van der Waals surface area contributed by atoms with Crippen molar-refractivity contribution in [2.24, 2.45) is 0 Å². The zero-order chi connectivity index (χ0) is 14.5. The lowest BCUT2D eigenvalue weighted by Gasteiger charge is -2.11. The van der Waals surface area contributed by atoms with Crippen LogP contribution >= 0.6 is 0 Å². The van der Waals surface area contributed by atoms with Crippen LogP contribution in [0.4, 0.5) is 0 Å². The van der Waals surface area contributed by atoms with Gasteiger partial charge in [-0.05, 0) is 47.4 Å². The molecule has 0 saturated heterocycles.